The first-order valence-corrected chi connectivity index (χ1v) is 10.2. The molecule has 1 heterocycles. The molecule has 1 aliphatic carbocycles. The van der Waals surface area contributed by atoms with E-state index in [0.717, 1.165) is 29.0 Å². The van der Waals surface area contributed by atoms with E-state index in [1.165, 1.54) is 40.1 Å². The maximum atomic E-state index is 14.3. The third kappa shape index (κ3) is 3.36. The number of fused-ring (bicyclic) bond motifs is 6. The average molecular weight is 379 g/mol. The molecule has 2 heteroatoms. The molecule has 4 aromatic carbocycles. The fourth-order valence-corrected chi connectivity index (χ4v) is 4.41. The lowest BCUT2D eigenvalue weighted by molar-refractivity contribution is 0.640. The van der Waals surface area contributed by atoms with Gasteiger partial charge in [0.25, 0.3) is 0 Å². The molecule has 0 N–H and O–H groups in total. The van der Waals surface area contributed by atoms with Gasteiger partial charge in [-0.3, -0.25) is 4.98 Å². The Morgan fingerprint density at radius 1 is 0.655 bits per heavy atom. The van der Waals surface area contributed by atoms with Gasteiger partial charge in [0, 0.05) is 17.8 Å². The Morgan fingerprint density at radius 2 is 1.38 bits per heavy atom. The second kappa shape index (κ2) is 7.63. The van der Waals surface area contributed by atoms with E-state index in [1.54, 1.807) is 6.07 Å². The molecule has 0 amide bonds. The molecule has 142 valence electrons. The van der Waals surface area contributed by atoms with Gasteiger partial charge in [0.15, 0.2) is 0 Å². The smallest absolute Gasteiger partial charge is 0.131 e. The van der Waals surface area contributed by atoms with Crippen molar-refractivity contribution in [2.75, 3.05) is 0 Å². The molecule has 0 atom stereocenters. The normalized spacial score (nSPS) is 13.1. The van der Waals surface area contributed by atoms with Crippen molar-refractivity contribution in [3.8, 4) is 0 Å². The van der Waals surface area contributed by atoms with Crippen LogP contribution in [0.5, 0.6) is 0 Å². The monoisotopic (exact) mass is 379 g/mol. The number of hydrogen-bond acceptors (Lipinski definition) is 1. The summed E-state index contributed by atoms with van der Waals surface area (Å²) in [6, 6.07) is 24.1. The van der Waals surface area contributed by atoms with Gasteiger partial charge in [0.1, 0.15) is 5.82 Å². The minimum atomic E-state index is -0.0953. The highest BCUT2D eigenvalue weighted by molar-refractivity contribution is 6.09. The van der Waals surface area contributed by atoms with Crippen molar-refractivity contribution < 1.29 is 4.39 Å². The Kier molecular flexibility index (Phi) is 4.69. The Hall–Kier alpha value is -3.26. The van der Waals surface area contributed by atoms with Gasteiger partial charge in [-0.2, -0.15) is 0 Å². The van der Waals surface area contributed by atoms with Gasteiger partial charge < -0.3 is 0 Å². The molecule has 1 aromatic heterocycles. The van der Waals surface area contributed by atoms with Gasteiger partial charge in [0.05, 0.1) is 0 Å². The van der Waals surface area contributed by atoms with Crippen LogP contribution in [0.1, 0.15) is 24.0 Å². The molecular weight excluding hydrogens is 357 g/mol. The van der Waals surface area contributed by atoms with Crippen molar-refractivity contribution in [2.45, 2.75) is 25.7 Å². The SMILES string of the molecule is Fc1cc2c3c(ccc2c2ccccc12)CCCC3.c1ccc2cnccc2c1. The Balaban J connectivity index is 0.000000153. The van der Waals surface area contributed by atoms with Crippen LogP contribution in [0.3, 0.4) is 0 Å². The zero-order valence-electron chi connectivity index (χ0n) is 16.2. The van der Waals surface area contributed by atoms with Crippen molar-refractivity contribution in [1.29, 1.82) is 0 Å². The molecule has 1 aliphatic rings. The summed E-state index contributed by atoms with van der Waals surface area (Å²) in [5, 5.41) is 6.52. The zero-order valence-corrected chi connectivity index (χ0v) is 16.2. The minimum absolute atomic E-state index is 0.0953. The summed E-state index contributed by atoms with van der Waals surface area (Å²) in [5.74, 6) is -0.0953. The molecule has 0 spiro atoms. The van der Waals surface area contributed by atoms with Crippen molar-refractivity contribution in [1.82, 2.24) is 4.98 Å². The molecule has 0 fully saturated rings. The summed E-state index contributed by atoms with van der Waals surface area (Å²) >= 11 is 0. The third-order valence-corrected chi connectivity index (χ3v) is 5.87. The van der Waals surface area contributed by atoms with E-state index in [-0.39, 0.29) is 5.82 Å². The summed E-state index contributed by atoms with van der Waals surface area (Å²) in [7, 11) is 0. The Labute approximate surface area is 169 Å². The number of halogens is 1. The maximum absolute atomic E-state index is 14.3. The molecule has 0 saturated heterocycles. The summed E-state index contributed by atoms with van der Waals surface area (Å²) in [6.45, 7) is 0. The van der Waals surface area contributed by atoms with E-state index in [4.69, 9.17) is 0 Å². The molecule has 0 saturated carbocycles. The van der Waals surface area contributed by atoms with Gasteiger partial charge in [-0.05, 0) is 75.9 Å². The molecule has 0 unspecified atom stereocenters. The van der Waals surface area contributed by atoms with E-state index in [1.807, 2.05) is 54.9 Å². The van der Waals surface area contributed by atoms with E-state index in [0.29, 0.717) is 0 Å². The van der Waals surface area contributed by atoms with Gasteiger partial charge in [-0.1, -0.05) is 60.7 Å². The van der Waals surface area contributed by atoms with Gasteiger partial charge in [-0.15, -0.1) is 0 Å². The van der Waals surface area contributed by atoms with E-state index < -0.39 is 0 Å². The third-order valence-electron chi connectivity index (χ3n) is 5.87. The van der Waals surface area contributed by atoms with Gasteiger partial charge in [-0.25, -0.2) is 4.39 Å². The molecular formula is C27H22FN. The quantitative estimate of drug-likeness (QED) is 0.258. The van der Waals surface area contributed by atoms with Crippen LogP contribution in [0.15, 0.2) is 85.2 Å². The predicted octanol–water partition coefficient (Wildman–Crippen LogP) is 7.25. The van der Waals surface area contributed by atoms with Crippen LogP contribution in [-0.2, 0) is 12.8 Å². The highest BCUT2D eigenvalue weighted by Crippen LogP contribution is 2.34. The number of benzene rings is 4. The second-order valence-corrected chi connectivity index (χ2v) is 7.63. The van der Waals surface area contributed by atoms with Gasteiger partial charge >= 0.3 is 0 Å². The fraction of sp³-hybridized carbons (Fsp3) is 0.148. The number of aryl methyl sites for hydroxylation is 2. The largest absolute Gasteiger partial charge is 0.264 e. The predicted molar refractivity (Wildman–Crippen MR) is 120 cm³/mol. The van der Waals surface area contributed by atoms with Crippen LogP contribution in [-0.4, -0.2) is 4.98 Å². The highest BCUT2D eigenvalue weighted by atomic mass is 19.1. The van der Waals surface area contributed by atoms with Gasteiger partial charge in [0.2, 0.25) is 0 Å². The second-order valence-electron chi connectivity index (χ2n) is 7.63. The molecule has 29 heavy (non-hydrogen) atoms. The number of rotatable bonds is 0. The first-order valence-electron chi connectivity index (χ1n) is 10.2. The number of pyridine rings is 1. The zero-order chi connectivity index (χ0) is 19.6. The minimum Gasteiger partial charge on any atom is -0.264 e. The van der Waals surface area contributed by atoms with Crippen LogP contribution in [0.4, 0.5) is 4.39 Å². The Morgan fingerprint density at radius 3 is 2.24 bits per heavy atom. The first-order chi connectivity index (χ1) is 14.3. The molecule has 0 aliphatic heterocycles. The first kappa shape index (κ1) is 17.8. The van der Waals surface area contributed by atoms with Crippen LogP contribution in [0, 0.1) is 5.82 Å². The summed E-state index contributed by atoms with van der Waals surface area (Å²) in [6.07, 6.45) is 8.39. The lowest BCUT2D eigenvalue weighted by Crippen LogP contribution is -2.03. The van der Waals surface area contributed by atoms with Crippen LogP contribution >= 0.6 is 0 Å². The van der Waals surface area contributed by atoms with E-state index in [9.17, 15) is 4.39 Å². The molecule has 0 bridgehead atoms. The van der Waals surface area contributed by atoms with Crippen LogP contribution in [0.2, 0.25) is 0 Å². The number of hydrogen-bond donors (Lipinski definition) is 0. The average Bonchev–Trinajstić information content (AvgIpc) is 2.80. The highest BCUT2D eigenvalue weighted by Gasteiger charge is 2.15. The van der Waals surface area contributed by atoms with Crippen LogP contribution < -0.4 is 0 Å². The number of aromatic nitrogens is 1. The summed E-state index contributed by atoms with van der Waals surface area (Å²) in [4.78, 5) is 4.01. The molecule has 1 nitrogen and oxygen atoms in total. The molecule has 6 rings (SSSR count). The maximum Gasteiger partial charge on any atom is 0.131 e. The van der Waals surface area contributed by atoms with Crippen molar-refractivity contribution in [3.63, 3.8) is 0 Å². The lowest BCUT2D eigenvalue weighted by atomic mass is 9.86. The fourth-order valence-electron chi connectivity index (χ4n) is 4.41. The van der Waals surface area contributed by atoms with Crippen molar-refractivity contribution in [3.05, 3.63) is 102 Å². The standard InChI is InChI=1S/C18H15F.C9H7N/c19-18-11-17-13-6-2-1-5-12(13)9-10-15(17)14-7-3-4-8-16(14)18;1-2-4-9-7-10-6-5-8(9)3-1/h3-4,7-11H,1-2,5-6H2;1-7H. The lowest BCUT2D eigenvalue weighted by Gasteiger charge is -2.19. The Bertz CT molecular complexity index is 1260. The van der Waals surface area contributed by atoms with Crippen LogP contribution in [0.25, 0.3) is 32.3 Å². The molecule has 0 radical (unpaired) electrons. The molecule has 5 aromatic rings. The number of nitrogens with zero attached hydrogens (tertiary/aromatic N) is 1. The summed E-state index contributed by atoms with van der Waals surface area (Å²) in [5.41, 5.74) is 2.78. The van der Waals surface area contributed by atoms with Crippen molar-refractivity contribution >= 4 is 32.3 Å². The topological polar surface area (TPSA) is 12.9 Å². The van der Waals surface area contributed by atoms with Crippen molar-refractivity contribution in [2.24, 2.45) is 0 Å². The van der Waals surface area contributed by atoms with E-state index in [2.05, 4.69) is 29.2 Å². The summed E-state index contributed by atoms with van der Waals surface area (Å²) < 4.78 is 14.3. The van der Waals surface area contributed by atoms with E-state index >= 15 is 0 Å².